The number of methoxy groups -OCH3 is 1. The van der Waals surface area contributed by atoms with Crippen LogP contribution in [0, 0.1) is 0 Å². The molecule has 1 N–H and O–H groups in total. The maximum atomic E-state index is 12.6. The molecule has 1 atom stereocenters. The fourth-order valence-electron chi connectivity index (χ4n) is 3.09. The van der Waals surface area contributed by atoms with Crippen molar-refractivity contribution in [1.82, 2.24) is 10.2 Å². The van der Waals surface area contributed by atoms with E-state index in [4.69, 9.17) is 4.74 Å². The molecule has 1 aliphatic heterocycles. The van der Waals surface area contributed by atoms with E-state index in [1.807, 2.05) is 48.5 Å². The van der Waals surface area contributed by atoms with Crippen LogP contribution >= 0.6 is 0 Å². The summed E-state index contributed by atoms with van der Waals surface area (Å²) in [4.78, 5) is 26.5. The largest absolute Gasteiger partial charge is 0.467 e. The number of benzene rings is 2. The molecule has 5 heteroatoms. The first-order chi connectivity index (χ1) is 12.2. The highest BCUT2D eigenvalue weighted by atomic mass is 16.5. The molecule has 0 spiro atoms. The van der Waals surface area contributed by atoms with Crippen LogP contribution in [0.25, 0.3) is 0 Å². The van der Waals surface area contributed by atoms with Crippen molar-refractivity contribution >= 4 is 12.0 Å². The fraction of sp³-hybridized carbons (Fsp3) is 0.300. The van der Waals surface area contributed by atoms with Crippen LogP contribution < -0.4 is 5.32 Å². The second kappa shape index (κ2) is 7.83. The summed E-state index contributed by atoms with van der Waals surface area (Å²) in [6.07, 6.45) is 1.23. The van der Waals surface area contributed by atoms with Crippen molar-refractivity contribution in [3.8, 4) is 0 Å². The van der Waals surface area contributed by atoms with E-state index < -0.39 is 12.0 Å². The van der Waals surface area contributed by atoms with Gasteiger partial charge in [0.05, 0.1) is 7.11 Å². The molecule has 0 aromatic heterocycles. The standard InChI is InChI=1S/C20H22N2O3/c1-25-19(23)18(13-15-7-3-2-4-8-15)21-20(24)22-12-11-16-9-5-6-10-17(16)14-22/h2-10,18H,11-14H2,1H3,(H,21,24)/t18-/m0/s1. The average molecular weight is 338 g/mol. The third kappa shape index (κ3) is 4.18. The Bertz CT molecular complexity index is 746. The number of hydrogen-bond acceptors (Lipinski definition) is 3. The SMILES string of the molecule is COC(=O)[C@H](Cc1ccccc1)NC(=O)N1CCc2ccccc2C1. The Morgan fingerprint density at radius 1 is 1.08 bits per heavy atom. The number of rotatable bonds is 4. The van der Waals surface area contributed by atoms with Gasteiger partial charge in [0.1, 0.15) is 6.04 Å². The van der Waals surface area contributed by atoms with Crippen LogP contribution in [0.4, 0.5) is 4.79 Å². The maximum absolute atomic E-state index is 12.6. The Morgan fingerprint density at radius 2 is 1.76 bits per heavy atom. The Kier molecular flexibility index (Phi) is 5.33. The summed E-state index contributed by atoms with van der Waals surface area (Å²) in [6.45, 7) is 1.20. The highest BCUT2D eigenvalue weighted by Crippen LogP contribution is 2.18. The van der Waals surface area contributed by atoms with Gasteiger partial charge in [0.2, 0.25) is 0 Å². The molecule has 0 saturated heterocycles. The molecule has 0 aliphatic carbocycles. The molecule has 5 nitrogen and oxygen atoms in total. The molecule has 3 rings (SSSR count). The number of fused-ring (bicyclic) bond motifs is 1. The van der Waals surface area contributed by atoms with Crippen molar-refractivity contribution in [2.45, 2.75) is 25.4 Å². The predicted octanol–water partition coefficient (Wildman–Crippen LogP) is 2.54. The van der Waals surface area contributed by atoms with Gasteiger partial charge >= 0.3 is 12.0 Å². The summed E-state index contributed by atoms with van der Waals surface area (Å²) in [5.74, 6) is -0.436. The lowest BCUT2D eigenvalue weighted by atomic mass is 10.0. The van der Waals surface area contributed by atoms with Crippen molar-refractivity contribution in [3.05, 3.63) is 71.3 Å². The summed E-state index contributed by atoms with van der Waals surface area (Å²) in [5, 5.41) is 2.83. The van der Waals surface area contributed by atoms with Crippen molar-refractivity contribution in [1.29, 1.82) is 0 Å². The number of carbonyl (C=O) groups excluding carboxylic acids is 2. The molecule has 1 heterocycles. The van der Waals surface area contributed by atoms with E-state index in [1.54, 1.807) is 4.90 Å². The second-order valence-corrected chi connectivity index (χ2v) is 6.16. The van der Waals surface area contributed by atoms with Gasteiger partial charge in [0.25, 0.3) is 0 Å². The van der Waals surface area contributed by atoms with E-state index in [0.717, 1.165) is 17.5 Å². The first kappa shape index (κ1) is 17.0. The zero-order chi connectivity index (χ0) is 17.6. The zero-order valence-corrected chi connectivity index (χ0v) is 14.3. The van der Waals surface area contributed by atoms with Gasteiger partial charge in [-0.25, -0.2) is 9.59 Å². The lowest BCUT2D eigenvalue weighted by Crippen LogP contribution is -2.50. The molecule has 0 saturated carbocycles. The molecule has 1 aliphatic rings. The number of ether oxygens (including phenoxy) is 1. The Morgan fingerprint density at radius 3 is 2.48 bits per heavy atom. The van der Waals surface area contributed by atoms with Crippen molar-refractivity contribution < 1.29 is 14.3 Å². The number of esters is 1. The minimum atomic E-state index is -0.697. The van der Waals surface area contributed by atoms with Crippen molar-refractivity contribution in [2.75, 3.05) is 13.7 Å². The molecular weight excluding hydrogens is 316 g/mol. The number of amides is 2. The van der Waals surface area contributed by atoms with Crippen LogP contribution in [0.2, 0.25) is 0 Å². The number of hydrogen-bond donors (Lipinski definition) is 1. The quantitative estimate of drug-likeness (QED) is 0.872. The van der Waals surface area contributed by atoms with Crippen LogP contribution in [-0.4, -0.2) is 36.6 Å². The minimum absolute atomic E-state index is 0.235. The van der Waals surface area contributed by atoms with Crippen LogP contribution in [0.3, 0.4) is 0 Å². The summed E-state index contributed by atoms with van der Waals surface area (Å²) >= 11 is 0. The molecule has 2 amide bonds. The summed E-state index contributed by atoms with van der Waals surface area (Å²) in [5.41, 5.74) is 3.41. The number of urea groups is 1. The van der Waals surface area contributed by atoms with Gasteiger partial charge in [-0.3, -0.25) is 0 Å². The van der Waals surface area contributed by atoms with E-state index in [-0.39, 0.29) is 6.03 Å². The van der Waals surface area contributed by atoms with Crippen LogP contribution in [0.15, 0.2) is 54.6 Å². The lowest BCUT2D eigenvalue weighted by Gasteiger charge is -2.30. The van der Waals surface area contributed by atoms with E-state index >= 15 is 0 Å². The Labute approximate surface area is 147 Å². The highest BCUT2D eigenvalue weighted by Gasteiger charge is 2.26. The van der Waals surface area contributed by atoms with Gasteiger partial charge in [-0.05, 0) is 23.1 Å². The topological polar surface area (TPSA) is 58.6 Å². The normalized spacial score (nSPS) is 14.4. The van der Waals surface area contributed by atoms with Gasteiger partial charge < -0.3 is 15.0 Å². The Balaban J connectivity index is 1.67. The first-order valence-electron chi connectivity index (χ1n) is 8.41. The van der Waals surface area contributed by atoms with Crippen molar-refractivity contribution in [3.63, 3.8) is 0 Å². The smallest absolute Gasteiger partial charge is 0.328 e. The lowest BCUT2D eigenvalue weighted by molar-refractivity contribution is -0.142. The molecule has 0 radical (unpaired) electrons. The third-order valence-electron chi connectivity index (χ3n) is 4.48. The average Bonchev–Trinajstić information content (AvgIpc) is 2.67. The molecule has 2 aromatic rings. The van der Waals surface area contributed by atoms with E-state index in [0.29, 0.717) is 19.5 Å². The molecular formula is C20H22N2O3. The molecule has 0 unspecified atom stereocenters. The summed E-state index contributed by atoms with van der Waals surface area (Å²) in [6, 6.07) is 16.8. The van der Waals surface area contributed by atoms with Gasteiger partial charge in [-0.1, -0.05) is 54.6 Å². The van der Waals surface area contributed by atoms with Gasteiger partial charge in [-0.2, -0.15) is 0 Å². The number of nitrogens with one attached hydrogen (secondary N) is 1. The third-order valence-corrected chi connectivity index (χ3v) is 4.48. The fourth-order valence-corrected chi connectivity index (χ4v) is 3.09. The second-order valence-electron chi connectivity index (χ2n) is 6.16. The molecule has 130 valence electrons. The zero-order valence-electron chi connectivity index (χ0n) is 14.3. The van der Waals surface area contributed by atoms with Gasteiger partial charge in [0.15, 0.2) is 0 Å². The maximum Gasteiger partial charge on any atom is 0.328 e. The van der Waals surface area contributed by atoms with Crippen LogP contribution in [-0.2, 0) is 28.9 Å². The van der Waals surface area contributed by atoms with Crippen LogP contribution in [0.5, 0.6) is 0 Å². The molecule has 0 fully saturated rings. The first-order valence-corrected chi connectivity index (χ1v) is 8.41. The van der Waals surface area contributed by atoms with Gasteiger partial charge in [0, 0.05) is 19.5 Å². The van der Waals surface area contributed by atoms with E-state index in [1.165, 1.54) is 12.7 Å². The van der Waals surface area contributed by atoms with Crippen LogP contribution in [0.1, 0.15) is 16.7 Å². The van der Waals surface area contributed by atoms with Crippen molar-refractivity contribution in [2.24, 2.45) is 0 Å². The van der Waals surface area contributed by atoms with E-state index in [2.05, 4.69) is 11.4 Å². The summed E-state index contributed by atoms with van der Waals surface area (Å²) in [7, 11) is 1.34. The monoisotopic (exact) mass is 338 g/mol. The molecule has 2 aromatic carbocycles. The molecule has 25 heavy (non-hydrogen) atoms. The number of carbonyl (C=O) groups is 2. The predicted molar refractivity (Wildman–Crippen MR) is 95.0 cm³/mol. The Hall–Kier alpha value is -2.82. The highest BCUT2D eigenvalue weighted by molar-refractivity contribution is 5.84. The number of nitrogens with zero attached hydrogens (tertiary/aromatic N) is 1. The van der Waals surface area contributed by atoms with E-state index in [9.17, 15) is 9.59 Å². The molecule has 0 bridgehead atoms. The minimum Gasteiger partial charge on any atom is -0.467 e. The summed E-state index contributed by atoms with van der Waals surface area (Å²) < 4.78 is 4.86. The van der Waals surface area contributed by atoms with Gasteiger partial charge in [-0.15, -0.1) is 0 Å².